The van der Waals surface area contributed by atoms with Crippen LogP contribution in [0.2, 0.25) is 0 Å². The molecule has 2 heterocycles. The van der Waals surface area contributed by atoms with Crippen LogP contribution in [0.5, 0.6) is 0 Å². The fraction of sp³-hybridized carbons (Fsp3) is 0.150. The summed E-state index contributed by atoms with van der Waals surface area (Å²) < 4.78 is 0. The third-order valence-corrected chi connectivity index (χ3v) is 5.01. The largest absolute Gasteiger partial charge is 0.510 e. The highest BCUT2D eigenvalue weighted by atomic mass is 32.2. The molecule has 0 aliphatic heterocycles. The highest BCUT2D eigenvalue weighted by Crippen LogP contribution is 2.26. The predicted molar refractivity (Wildman–Crippen MR) is 107 cm³/mol. The molecule has 2 N–H and O–H groups in total. The van der Waals surface area contributed by atoms with Gasteiger partial charge in [-0.25, -0.2) is 9.97 Å². The van der Waals surface area contributed by atoms with Crippen LogP contribution in [-0.2, 0) is 0 Å². The van der Waals surface area contributed by atoms with Crippen LogP contribution in [0.4, 0.5) is 0 Å². The Kier molecular flexibility index (Phi) is 5.44. The molecule has 1 aromatic carbocycles. The lowest BCUT2D eigenvalue weighted by Gasteiger charge is -2.08. The molecule has 0 amide bonds. The second kappa shape index (κ2) is 7.95. The monoisotopic (exact) mass is 389 g/mol. The average Bonchev–Trinajstić information content (AvgIpc) is 2.66. The van der Waals surface area contributed by atoms with E-state index >= 15 is 0 Å². The molecule has 0 radical (unpaired) electrons. The number of nitriles is 2. The van der Waals surface area contributed by atoms with Crippen molar-refractivity contribution in [1.82, 2.24) is 15.0 Å². The summed E-state index contributed by atoms with van der Waals surface area (Å²) in [5.74, 6) is -0.252. The van der Waals surface area contributed by atoms with E-state index in [-0.39, 0.29) is 22.9 Å². The van der Waals surface area contributed by atoms with E-state index in [1.54, 1.807) is 24.3 Å². The number of aliphatic hydroxyl groups excluding tert-OH is 1. The Morgan fingerprint density at radius 2 is 2.00 bits per heavy atom. The molecule has 3 rings (SSSR count). The number of rotatable bonds is 4. The number of hydrogen-bond acceptors (Lipinski definition) is 7. The quantitative estimate of drug-likeness (QED) is 0.398. The first-order chi connectivity index (χ1) is 13.4. The minimum Gasteiger partial charge on any atom is -0.510 e. The summed E-state index contributed by atoms with van der Waals surface area (Å²) >= 11 is 1.14. The Hall–Kier alpha value is -3.62. The van der Waals surface area contributed by atoms with Crippen LogP contribution >= 0.6 is 11.8 Å². The molecule has 0 atom stereocenters. The van der Waals surface area contributed by atoms with Gasteiger partial charge in [-0.1, -0.05) is 23.9 Å². The molecule has 0 aliphatic carbocycles. The smallest absolute Gasteiger partial charge is 0.259 e. The van der Waals surface area contributed by atoms with Crippen molar-refractivity contribution in [2.45, 2.75) is 18.9 Å². The summed E-state index contributed by atoms with van der Waals surface area (Å²) in [7, 11) is 0. The van der Waals surface area contributed by atoms with Crippen molar-refractivity contribution in [3.63, 3.8) is 0 Å². The number of thioether (sulfide) groups is 1. The van der Waals surface area contributed by atoms with E-state index in [1.807, 2.05) is 26.0 Å². The normalized spacial score (nSPS) is 11.6. The number of pyridine rings is 1. The van der Waals surface area contributed by atoms with Crippen LogP contribution in [0.25, 0.3) is 16.5 Å². The highest BCUT2D eigenvalue weighted by molar-refractivity contribution is 7.99. The van der Waals surface area contributed by atoms with Crippen LogP contribution in [-0.4, -0.2) is 25.8 Å². The summed E-state index contributed by atoms with van der Waals surface area (Å²) in [6.07, 6.45) is 0. The van der Waals surface area contributed by atoms with Gasteiger partial charge < -0.3 is 10.1 Å². The molecular formula is C20H15N5O2S. The second-order valence-electron chi connectivity index (χ2n) is 6.03. The van der Waals surface area contributed by atoms with Gasteiger partial charge in [0.15, 0.2) is 5.82 Å². The zero-order valence-electron chi connectivity index (χ0n) is 15.1. The van der Waals surface area contributed by atoms with Gasteiger partial charge in [-0.05, 0) is 37.6 Å². The third-order valence-electron chi connectivity index (χ3n) is 4.02. The van der Waals surface area contributed by atoms with Gasteiger partial charge in [0.05, 0.1) is 22.2 Å². The lowest BCUT2D eigenvalue weighted by atomic mass is 10.1. The van der Waals surface area contributed by atoms with Crippen molar-refractivity contribution in [2.24, 2.45) is 0 Å². The Morgan fingerprint density at radius 3 is 2.71 bits per heavy atom. The lowest BCUT2D eigenvalue weighted by Crippen LogP contribution is -2.12. The number of aliphatic hydroxyl groups is 1. The van der Waals surface area contributed by atoms with Gasteiger partial charge >= 0.3 is 0 Å². The number of para-hydroxylation sites is 1. The number of H-pyrrole nitrogens is 1. The molecule has 138 valence electrons. The molecule has 8 heteroatoms. The number of aromatic amines is 1. The molecule has 0 aliphatic rings. The highest BCUT2D eigenvalue weighted by Gasteiger charge is 2.15. The van der Waals surface area contributed by atoms with E-state index < -0.39 is 5.56 Å². The van der Waals surface area contributed by atoms with Crippen LogP contribution in [0.15, 0.2) is 45.9 Å². The molecule has 7 nitrogen and oxygen atoms in total. The molecule has 0 spiro atoms. The molecule has 0 bridgehead atoms. The van der Waals surface area contributed by atoms with Crippen molar-refractivity contribution in [2.75, 3.05) is 5.75 Å². The van der Waals surface area contributed by atoms with Crippen molar-refractivity contribution in [1.29, 1.82) is 10.5 Å². The number of benzene rings is 1. The first-order valence-corrected chi connectivity index (χ1v) is 9.26. The SMILES string of the molecule is Cc1cc(C)c(C#N)c(SC/C(O)=C(\C#N)c2nc3ccccc3c(=O)[nH]2)n1. The van der Waals surface area contributed by atoms with Crippen LogP contribution in [0.1, 0.15) is 22.6 Å². The van der Waals surface area contributed by atoms with E-state index in [4.69, 9.17) is 0 Å². The Bertz CT molecular complexity index is 1250. The van der Waals surface area contributed by atoms with Gasteiger partial charge in [0.25, 0.3) is 5.56 Å². The number of nitrogens with one attached hydrogen (secondary N) is 1. The summed E-state index contributed by atoms with van der Waals surface area (Å²) in [5, 5.41) is 30.2. The van der Waals surface area contributed by atoms with Crippen molar-refractivity contribution in [3.05, 3.63) is 69.1 Å². The van der Waals surface area contributed by atoms with Gasteiger partial charge in [-0.3, -0.25) is 4.79 Å². The standard InChI is InChI=1S/C20H15N5O2S/c1-11-7-12(2)23-20(14(11)8-21)28-10-17(26)15(9-22)18-24-16-6-4-3-5-13(16)19(27)25-18/h3-7,26H,10H2,1-2H3,(H,24,25,27)/b17-15-. The minimum atomic E-state index is -0.392. The summed E-state index contributed by atoms with van der Waals surface area (Å²) in [5.41, 5.74) is 1.89. The molecule has 3 aromatic rings. The van der Waals surface area contributed by atoms with Crippen LogP contribution in [0, 0.1) is 36.5 Å². The van der Waals surface area contributed by atoms with Crippen molar-refractivity contribution in [3.8, 4) is 12.1 Å². The van der Waals surface area contributed by atoms with Gasteiger partial charge in [-0.15, -0.1) is 0 Å². The van der Waals surface area contributed by atoms with Crippen LogP contribution < -0.4 is 5.56 Å². The first-order valence-electron chi connectivity index (χ1n) is 8.27. The molecule has 28 heavy (non-hydrogen) atoms. The summed E-state index contributed by atoms with van der Waals surface area (Å²) in [4.78, 5) is 23.4. The van der Waals surface area contributed by atoms with Gasteiger partial charge in [0, 0.05) is 5.69 Å². The van der Waals surface area contributed by atoms with Gasteiger partial charge in [-0.2, -0.15) is 10.5 Å². The molecule has 0 saturated carbocycles. The van der Waals surface area contributed by atoms with E-state index in [1.165, 1.54) is 0 Å². The molecule has 0 unspecified atom stereocenters. The number of aromatic nitrogens is 3. The number of hydrogen-bond donors (Lipinski definition) is 2. The van der Waals surface area contributed by atoms with E-state index in [9.17, 15) is 20.4 Å². The first kappa shape index (κ1) is 19.2. The molecule has 0 saturated heterocycles. The Balaban J connectivity index is 1.98. The maximum atomic E-state index is 12.2. The zero-order chi connectivity index (χ0) is 20.3. The molecule has 2 aromatic heterocycles. The Labute approximate surface area is 165 Å². The van der Waals surface area contributed by atoms with Gasteiger partial charge in [0.2, 0.25) is 0 Å². The minimum absolute atomic E-state index is 0.00168. The fourth-order valence-electron chi connectivity index (χ4n) is 2.71. The number of fused-ring (bicyclic) bond motifs is 1. The van der Waals surface area contributed by atoms with E-state index in [0.29, 0.717) is 21.5 Å². The average molecular weight is 389 g/mol. The number of nitrogens with zero attached hydrogens (tertiary/aromatic N) is 4. The van der Waals surface area contributed by atoms with E-state index in [0.717, 1.165) is 23.0 Å². The predicted octanol–water partition coefficient (Wildman–Crippen LogP) is 3.39. The second-order valence-corrected chi connectivity index (χ2v) is 6.99. The zero-order valence-corrected chi connectivity index (χ0v) is 16.0. The van der Waals surface area contributed by atoms with Crippen LogP contribution in [0.3, 0.4) is 0 Å². The topological polar surface area (TPSA) is 126 Å². The van der Waals surface area contributed by atoms with Crippen molar-refractivity contribution >= 4 is 28.2 Å². The number of allylic oxidation sites excluding steroid dienone is 1. The third kappa shape index (κ3) is 3.73. The summed E-state index contributed by atoms with van der Waals surface area (Å²) in [6.45, 7) is 3.63. The molecular weight excluding hydrogens is 374 g/mol. The van der Waals surface area contributed by atoms with Gasteiger partial charge in [0.1, 0.15) is 28.5 Å². The fourth-order valence-corrected chi connectivity index (χ4v) is 3.69. The van der Waals surface area contributed by atoms with Crippen molar-refractivity contribution < 1.29 is 5.11 Å². The Morgan fingerprint density at radius 1 is 1.25 bits per heavy atom. The number of aryl methyl sites for hydroxylation is 2. The summed E-state index contributed by atoms with van der Waals surface area (Å²) in [6, 6.07) is 12.6. The maximum absolute atomic E-state index is 12.2. The lowest BCUT2D eigenvalue weighted by molar-refractivity contribution is 0.420. The van der Waals surface area contributed by atoms with E-state index in [2.05, 4.69) is 21.0 Å². The maximum Gasteiger partial charge on any atom is 0.259 e. The molecule has 0 fully saturated rings.